The molecule has 0 fully saturated rings. The fourth-order valence-corrected chi connectivity index (χ4v) is 3.21. The van der Waals surface area contributed by atoms with Crippen LogP contribution in [0.3, 0.4) is 0 Å². The molecule has 0 radical (unpaired) electrons. The summed E-state index contributed by atoms with van der Waals surface area (Å²) >= 11 is 13.4. The summed E-state index contributed by atoms with van der Waals surface area (Å²) in [5.41, 5.74) is 4.71. The summed E-state index contributed by atoms with van der Waals surface area (Å²) in [4.78, 5) is 16.1. The SMILES string of the molecule is O=C(CSCc1ccc(Cl)cc1)NN=Cc1nc(-c2ccccc2)oc1Cl. The van der Waals surface area contributed by atoms with Gasteiger partial charge in [0, 0.05) is 16.3 Å². The van der Waals surface area contributed by atoms with Crippen LogP contribution in [-0.4, -0.2) is 22.9 Å². The van der Waals surface area contributed by atoms with Gasteiger partial charge in [0.2, 0.25) is 17.0 Å². The lowest BCUT2D eigenvalue weighted by Crippen LogP contribution is -2.19. The molecule has 1 heterocycles. The monoisotopic (exact) mass is 419 g/mol. The number of nitrogens with zero attached hydrogens (tertiary/aromatic N) is 2. The molecule has 0 unspecified atom stereocenters. The van der Waals surface area contributed by atoms with Crippen LogP contribution < -0.4 is 5.43 Å². The summed E-state index contributed by atoms with van der Waals surface area (Å²) in [6.45, 7) is 0. The zero-order chi connectivity index (χ0) is 19.1. The number of hydrogen-bond donors (Lipinski definition) is 1. The van der Waals surface area contributed by atoms with E-state index in [0.29, 0.717) is 22.4 Å². The first-order valence-electron chi connectivity index (χ1n) is 7.97. The first-order chi connectivity index (χ1) is 13.1. The molecule has 2 aromatic carbocycles. The maximum Gasteiger partial charge on any atom is 0.250 e. The Labute approximate surface area is 170 Å². The summed E-state index contributed by atoms with van der Waals surface area (Å²) in [5, 5.41) is 4.69. The van der Waals surface area contributed by atoms with Crippen molar-refractivity contribution in [3.8, 4) is 11.5 Å². The molecule has 1 N–H and O–H groups in total. The van der Waals surface area contributed by atoms with E-state index in [2.05, 4.69) is 15.5 Å². The highest BCUT2D eigenvalue weighted by Gasteiger charge is 2.11. The van der Waals surface area contributed by atoms with Crippen molar-refractivity contribution in [3.63, 3.8) is 0 Å². The molecule has 8 heteroatoms. The first kappa shape index (κ1) is 19.5. The highest BCUT2D eigenvalue weighted by Crippen LogP contribution is 2.24. The number of carbonyl (C=O) groups excluding carboxylic acids is 1. The molecular formula is C19H15Cl2N3O2S. The molecule has 0 atom stereocenters. The quantitative estimate of drug-likeness (QED) is 0.430. The van der Waals surface area contributed by atoms with Crippen LogP contribution >= 0.6 is 35.0 Å². The first-order valence-corrected chi connectivity index (χ1v) is 9.89. The predicted molar refractivity (Wildman–Crippen MR) is 110 cm³/mol. The van der Waals surface area contributed by atoms with Gasteiger partial charge in [0.05, 0.1) is 12.0 Å². The molecule has 138 valence electrons. The molecule has 1 amide bonds. The van der Waals surface area contributed by atoms with Crippen LogP contribution in [0.5, 0.6) is 0 Å². The van der Waals surface area contributed by atoms with Crippen molar-refractivity contribution in [3.05, 3.63) is 76.1 Å². The zero-order valence-electron chi connectivity index (χ0n) is 14.1. The van der Waals surface area contributed by atoms with Gasteiger partial charge in [-0.1, -0.05) is 41.9 Å². The van der Waals surface area contributed by atoms with E-state index >= 15 is 0 Å². The highest BCUT2D eigenvalue weighted by molar-refractivity contribution is 7.99. The number of hydrogen-bond acceptors (Lipinski definition) is 5. The molecular weight excluding hydrogens is 405 g/mol. The Morgan fingerprint density at radius 1 is 1.15 bits per heavy atom. The smallest absolute Gasteiger partial charge is 0.250 e. The number of benzene rings is 2. The molecule has 3 aromatic rings. The van der Waals surface area contributed by atoms with Crippen molar-refractivity contribution in [1.29, 1.82) is 0 Å². The van der Waals surface area contributed by atoms with E-state index in [1.165, 1.54) is 18.0 Å². The van der Waals surface area contributed by atoms with Gasteiger partial charge in [0.15, 0.2) is 0 Å². The van der Waals surface area contributed by atoms with Gasteiger partial charge in [-0.05, 0) is 41.4 Å². The second-order valence-electron chi connectivity index (χ2n) is 5.46. The number of aromatic nitrogens is 1. The predicted octanol–water partition coefficient (Wildman–Crippen LogP) is 5.03. The summed E-state index contributed by atoms with van der Waals surface area (Å²) in [5.74, 6) is 1.17. The summed E-state index contributed by atoms with van der Waals surface area (Å²) in [6.07, 6.45) is 1.36. The molecule has 0 bridgehead atoms. The number of carbonyl (C=O) groups is 1. The highest BCUT2D eigenvalue weighted by atomic mass is 35.5. The fraction of sp³-hybridized carbons (Fsp3) is 0.105. The average molecular weight is 420 g/mol. The second kappa shape index (κ2) is 9.60. The second-order valence-corrected chi connectivity index (χ2v) is 7.22. The third-order valence-electron chi connectivity index (χ3n) is 3.42. The van der Waals surface area contributed by atoms with Crippen LogP contribution in [0.25, 0.3) is 11.5 Å². The number of hydrazone groups is 1. The third kappa shape index (κ3) is 5.85. The molecule has 3 rings (SSSR count). The molecule has 0 aliphatic carbocycles. The van der Waals surface area contributed by atoms with Gasteiger partial charge in [-0.25, -0.2) is 10.4 Å². The standard InChI is InChI=1S/C19H15Cl2N3O2S/c20-15-8-6-13(7-9-15)11-27-12-17(25)24-22-10-16-18(21)26-19(23-16)14-4-2-1-3-5-14/h1-10H,11-12H2,(H,24,25). The Balaban J connectivity index is 1.48. The number of nitrogens with one attached hydrogen (secondary N) is 1. The van der Waals surface area contributed by atoms with E-state index in [-0.39, 0.29) is 16.9 Å². The minimum atomic E-state index is -0.215. The van der Waals surface area contributed by atoms with Crippen LogP contribution in [0.1, 0.15) is 11.3 Å². The van der Waals surface area contributed by atoms with E-state index in [9.17, 15) is 4.79 Å². The number of amides is 1. The molecule has 5 nitrogen and oxygen atoms in total. The summed E-state index contributed by atoms with van der Waals surface area (Å²) in [7, 11) is 0. The van der Waals surface area contributed by atoms with Crippen LogP contribution in [0.2, 0.25) is 10.2 Å². The normalized spacial score (nSPS) is 11.0. The van der Waals surface area contributed by atoms with E-state index in [1.54, 1.807) is 0 Å². The van der Waals surface area contributed by atoms with Gasteiger partial charge in [-0.3, -0.25) is 4.79 Å². The fourth-order valence-electron chi connectivity index (χ4n) is 2.14. The maximum atomic E-state index is 11.8. The van der Waals surface area contributed by atoms with E-state index in [0.717, 1.165) is 11.1 Å². The Hall–Kier alpha value is -2.28. The molecule has 0 aliphatic rings. The number of rotatable bonds is 7. The molecule has 0 saturated carbocycles. The number of thioether (sulfide) groups is 1. The molecule has 1 aromatic heterocycles. The summed E-state index contributed by atoms with van der Waals surface area (Å²) in [6, 6.07) is 16.9. The lowest BCUT2D eigenvalue weighted by Gasteiger charge is -2.01. The largest absolute Gasteiger partial charge is 0.424 e. The van der Waals surface area contributed by atoms with Crippen LogP contribution in [0, 0.1) is 0 Å². The van der Waals surface area contributed by atoms with Crippen molar-refractivity contribution in [1.82, 2.24) is 10.4 Å². The average Bonchev–Trinajstić information content (AvgIpc) is 3.05. The van der Waals surface area contributed by atoms with Crippen molar-refractivity contribution in [2.24, 2.45) is 5.10 Å². The van der Waals surface area contributed by atoms with Crippen LogP contribution in [0.4, 0.5) is 0 Å². The van der Waals surface area contributed by atoms with Gasteiger partial charge < -0.3 is 4.42 Å². The van der Waals surface area contributed by atoms with Gasteiger partial charge in [-0.15, -0.1) is 11.8 Å². The summed E-state index contributed by atoms with van der Waals surface area (Å²) < 4.78 is 5.42. The van der Waals surface area contributed by atoms with Gasteiger partial charge in [-0.2, -0.15) is 5.10 Å². The zero-order valence-corrected chi connectivity index (χ0v) is 16.4. The number of halogens is 2. The lowest BCUT2D eigenvalue weighted by molar-refractivity contribution is -0.118. The Kier molecular flexibility index (Phi) is 6.92. The Bertz CT molecular complexity index is 928. The van der Waals surface area contributed by atoms with E-state index < -0.39 is 0 Å². The molecule has 27 heavy (non-hydrogen) atoms. The van der Waals surface area contributed by atoms with Crippen molar-refractivity contribution in [2.45, 2.75) is 5.75 Å². The van der Waals surface area contributed by atoms with E-state index in [4.69, 9.17) is 27.6 Å². The maximum absolute atomic E-state index is 11.8. The Morgan fingerprint density at radius 2 is 1.89 bits per heavy atom. The third-order valence-corrected chi connectivity index (χ3v) is 4.95. The van der Waals surface area contributed by atoms with Crippen molar-refractivity contribution >= 4 is 47.1 Å². The topological polar surface area (TPSA) is 67.5 Å². The van der Waals surface area contributed by atoms with Gasteiger partial charge in [0.25, 0.3) is 0 Å². The minimum Gasteiger partial charge on any atom is -0.424 e. The Morgan fingerprint density at radius 3 is 2.63 bits per heavy atom. The van der Waals surface area contributed by atoms with Gasteiger partial charge >= 0.3 is 0 Å². The van der Waals surface area contributed by atoms with Crippen molar-refractivity contribution < 1.29 is 9.21 Å². The molecule has 0 aliphatic heterocycles. The minimum absolute atomic E-state index is 0.115. The molecule has 0 spiro atoms. The lowest BCUT2D eigenvalue weighted by atomic mass is 10.2. The molecule has 0 saturated heterocycles. The van der Waals surface area contributed by atoms with Gasteiger partial charge in [0.1, 0.15) is 5.69 Å². The van der Waals surface area contributed by atoms with Crippen molar-refractivity contribution in [2.75, 3.05) is 5.75 Å². The van der Waals surface area contributed by atoms with E-state index in [1.807, 2.05) is 54.6 Å². The number of oxazole rings is 1. The van der Waals surface area contributed by atoms with Crippen LogP contribution in [-0.2, 0) is 10.5 Å². The van der Waals surface area contributed by atoms with Crippen LogP contribution in [0.15, 0.2) is 64.1 Å².